The lowest BCUT2D eigenvalue weighted by atomic mass is 10.1. The number of rotatable bonds is 5. The van der Waals surface area contributed by atoms with Crippen LogP contribution >= 0.6 is 11.3 Å². The number of carbonyl (C=O) groups is 3. The Kier molecular flexibility index (Phi) is 5.87. The van der Waals surface area contributed by atoms with Gasteiger partial charge in [0.05, 0.1) is 19.3 Å². The Hall–Kier alpha value is -2.74. The molecule has 0 atom stereocenters. The number of benzene rings is 1. The van der Waals surface area contributed by atoms with Crippen LogP contribution in [0.5, 0.6) is 0 Å². The third-order valence-corrected chi connectivity index (χ3v) is 4.52. The van der Waals surface area contributed by atoms with Crippen molar-refractivity contribution in [1.29, 1.82) is 0 Å². The van der Waals surface area contributed by atoms with Crippen LogP contribution in [0.3, 0.4) is 0 Å². The number of amides is 1. The molecule has 1 heterocycles. The molecule has 2 rings (SSSR count). The Morgan fingerprint density at radius 3 is 2.36 bits per heavy atom. The molecule has 1 amide bonds. The predicted octanol–water partition coefficient (Wildman–Crippen LogP) is 3.41. The van der Waals surface area contributed by atoms with Crippen molar-refractivity contribution in [2.75, 3.05) is 19.0 Å². The van der Waals surface area contributed by atoms with Crippen LogP contribution in [0, 0.1) is 12.7 Å². The Labute approximate surface area is 147 Å². The van der Waals surface area contributed by atoms with E-state index >= 15 is 0 Å². The van der Waals surface area contributed by atoms with E-state index in [-0.39, 0.29) is 27.6 Å². The highest BCUT2D eigenvalue weighted by molar-refractivity contribution is 7.18. The van der Waals surface area contributed by atoms with Gasteiger partial charge >= 0.3 is 11.9 Å². The molecule has 0 saturated heterocycles. The molecule has 0 unspecified atom stereocenters. The van der Waals surface area contributed by atoms with E-state index in [2.05, 4.69) is 5.32 Å². The van der Waals surface area contributed by atoms with Crippen molar-refractivity contribution >= 4 is 34.2 Å². The molecule has 0 saturated carbocycles. The molecule has 0 fully saturated rings. The number of methoxy groups -OCH3 is 1. The lowest BCUT2D eigenvalue weighted by Gasteiger charge is -2.07. The van der Waals surface area contributed by atoms with Gasteiger partial charge in [0, 0.05) is 5.56 Å². The maximum Gasteiger partial charge on any atom is 0.348 e. The monoisotopic (exact) mass is 365 g/mol. The molecule has 2 aromatic rings. The molecular formula is C17H16FNO5S. The summed E-state index contributed by atoms with van der Waals surface area (Å²) in [5, 5.41) is 2.75. The summed E-state index contributed by atoms with van der Waals surface area (Å²) in [5.74, 6) is -2.27. The Balaban J connectivity index is 2.41. The Bertz CT molecular complexity index is 813. The largest absolute Gasteiger partial charge is 0.465 e. The smallest absolute Gasteiger partial charge is 0.348 e. The summed E-state index contributed by atoms with van der Waals surface area (Å²) in [6, 6.07) is 4.94. The molecule has 0 aliphatic heterocycles. The molecule has 1 N–H and O–H groups in total. The minimum absolute atomic E-state index is 0.0997. The number of carbonyl (C=O) groups excluding carboxylic acids is 3. The summed E-state index contributed by atoms with van der Waals surface area (Å²) in [6.07, 6.45) is 0. The van der Waals surface area contributed by atoms with Gasteiger partial charge in [-0.25, -0.2) is 14.0 Å². The minimum atomic E-state index is -0.652. The van der Waals surface area contributed by atoms with Gasteiger partial charge in [-0.15, -0.1) is 11.3 Å². The molecule has 0 aliphatic rings. The molecule has 1 aromatic heterocycles. The van der Waals surface area contributed by atoms with Gasteiger partial charge in [-0.05, 0) is 43.7 Å². The SMILES string of the molecule is CCOC(=O)c1c(NC(=O)c2ccc(F)cc2)sc(C(=O)OC)c1C. The van der Waals surface area contributed by atoms with Crippen LogP contribution < -0.4 is 5.32 Å². The maximum absolute atomic E-state index is 13.0. The predicted molar refractivity (Wildman–Crippen MR) is 90.7 cm³/mol. The average molecular weight is 365 g/mol. The number of hydrogen-bond donors (Lipinski definition) is 1. The molecular weight excluding hydrogens is 349 g/mol. The number of halogens is 1. The van der Waals surface area contributed by atoms with Crippen LogP contribution in [0.2, 0.25) is 0 Å². The zero-order valence-corrected chi connectivity index (χ0v) is 14.7. The van der Waals surface area contributed by atoms with E-state index in [0.29, 0.717) is 5.56 Å². The van der Waals surface area contributed by atoms with E-state index in [9.17, 15) is 18.8 Å². The van der Waals surface area contributed by atoms with Gasteiger partial charge in [-0.3, -0.25) is 4.79 Å². The van der Waals surface area contributed by atoms with Crippen molar-refractivity contribution in [1.82, 2.24) is 0 Å². The van der Waals surface area contributed by atoms with Crippen LogP contribution in [0.4, 0.5) is 9.39 Å². The van der Waals surface area contributed by atoms with E-state index < -0.39 is 23.7 Å². The first-order valence-corrected chi connectivity index (χ1v) is 8.16. The van der Waals surface area contributed by atoms with E-state index in [1.165, 1.54) is 19.2 Å². The van der Waals surface area contributed by atoms with E-state index in [1.807, 2.05) is 0 Å². The topological polar surface area (TPSA) is 81.7 Å². The summed E-state index contributed by atoms with van der Waals surface area (Å²) in [6.45, 7) is 3.37. The molecule has 0 aliphatic carbocycles. The standard InChI is InChI=1S/C17H16FNO5S/c1-4-24-16(21)12-9(2)13(17(22)23-3)25-15(12)19-14(20)10-5-7-11(18)8-6-10/h5-8H,4H2,1-3H3,(H,19,20). The fraction of sp³-hybridized carbons (Fsp3) is 0.235. The zero-order valence-electron chi connectivity index (χ0n) is 13.8. The zero-order chi connectivity index (χ0) is 18.6. The molecule has 0 radical (unpaired) electrons. The van der Waals surface area contributed by atoms with E-state index in [4.69, 9.17) is 9.47 Å². The summed E-state index contributed by atoms with van der Waals surface area (Å²) < 4.78 is 22.7. The normalized spacial score (nSPS) is 10.2. The van der Waals surface area contributed by atoms with Crippen LogP contribution in [0.15, 0.2) is 24.3 Å². The van der Waals surface area contributed by atoms with Crippen LogP contribution in [0.1, 0.15) is 42.9 Å². The molecule has 1 aromatic carbocycles. The van der Waals surface area contributed by atoms with Gasteiger partial charge in [0.1, 0.15) is 15.7 Å². The van der Waals surface area contributed by atoms with Gasteiger partial charge in [-0.1, -0.05) is 0 Å². The second-order valence-electron chi connectivity index (χ2n) is 4.93. The van der Waals surface area contributed by atoms with E-state index in [0.717, 1.165) is 23.5 Å². The van der Waals surface area contributed by atoms with Crippen molar-refractivity contribution in [3.63, 3.8) is 0 Å². The summed E-state index contributed by atoms with van der Waals surface area (Å²) in [4.78, 5) is 36.6. The second kappa shape index (κ2) is 7.89. The highest BCUT2D eigenvalue weighted by Gasteiger charge is 2.27. The fourth-order valence-corrected chi connectivity index (χ4v) is 3.22. The summed E-state index contributed by atoms with van der Waals surface area (Å²) in [5.41, 5.74) is 0.675. The molecule has 25 heavy (non-hydrogen) atoms. The number of ether oxygens (including phenoxy) is 2. The van der Waals surface area contributed by atoms with Crippen molar-refractivity contribution < 1.29 is 28.2 Å². The maximum atomic E-state index is 13.0. The number of nitrogens with one attached hydrogen (secondary N) is 1. The third-order valence-electron chi connectivity index (χ3n) is 3.33. The number of hydrogen-bond acceptors (Lipinski definition) is 6. The second-order valence-corrected chi connectivity index (χ2v) is 5.95. The number of anilines is 1. The first kappa shape index (κ1) is 18.6. The number of esters is 2. The van der Waals surface area contributed by atoms with Gasteiger partial charge in [0.2, 0.25) is 0 Å². The first-order chi connectivity index (χ1) is 11.9. The van der Waals surface area contributed by atoms with Crippen molar-refractivity contribution in [2.24, 2.45) is 0 Å². The van der Waals surface area contributed by atoms with Gasteiger partial charge in [0.25, 0.3) is 5.91 Å². The quantitative estimate of drug-likeness (QED) is 0.821. The lowest BCUT2D eigenvalue weighted by molar-refractivity contribution is 0.0527. The van der Waals surface area contributed by atoms with Crippen LogP contribution in [-0.4, -0.2) is 31.6 Å². The molecule has 132 valence electrons. The first-order valence-electron chi connectivity index (χ1n) is 7.34. The molecule has 8 heteroatoms. The average Bonchev–Trinajstić information content (AvgIpc) is 2.91. The van der Waals surface area contributed by atoms with Crippen molar-refractivity contribution in [3.8, 4) is 0 Å². The van der Waals surface area contributed by atoms with E-state index in [1.54, 1.807) is 13.8 Å². The highest BCUT2D eigenvalue weighted by atomic mass is 32.1. The van der Waals surface area contributed by atoms with Gasteiger partial charge in [0.15, 0.2) is 0 Å². The molecule has 0 bridgehead atoms. The number of thiophene rings is 1. The Morgan fingerprint density at radius 1 is 1.16 bits per heavy atom. The minimum Gasteiger partial charge on any atom is -0.465 e. The molecule has 0 spiro atoms. The lowest BCUT2D eigenvalue weighted by Crippen LogP contribution is -2.15. The Morgan fingerprint density at radius 2 is 1.80 bits per heavy atom. The third kappa shape index (κ3) is 4.03. The van der Waals surface area contributed by atoms with Gasteiger partial charge < -0.3 is 14.8 Å². The van der Waals surface area contributed by atoms with Crippen molar-refractivity contribution in [2.45, 2.75) is 13.8 Å². The highest BCUT2D eigenvalue weighted by Crippen LogP contribution is 2.34. The van der Waals surface area contributed by atoms with Crippen LogP contribution in [0.25, 0.3) is 0 Å². The fourth-order valence-electron chi connectivity index (χ4n) is 2.11. The summed E-state index contributed by atoms with van der Waals surface area (Å²) in [7, 11) is 1.22. The van der Waals surface area contributed by atoms with Crippen molar-refractivity contribution in [3.05, 3.63) is 51.7 Å². The molecule has 6 nitrogen and oxygen atoms in total. The summed E-state index contributed by atoms with van der Waals surface area (Å²) >= 11 is 0.918. The van der Waals surface area contributed by atoms with Crippen LogP contribution in [-0.2, 0) is 9.47 Å². The van der Waals surface area contributed by atoms with Gasteiger partial charge in [-0.2, -0.15) is 0 Å².